The monoisotopic (exact) mass is 244 g/mol. The van der Waals surface area contributed by atoms with Crippen LogP contribution in [0.4, 0.5) is 5.82 Å². The summed E-state index contributed by atoms with van der Waals surface area (Å²) >= 11 is 5.96. The van der Waals surface area contributed by atoms with Gasteiger partial charge in [0, 0.05) is 10.6 Å². The standard InChI is InChI=1S/C12H9ClN4/c13-9-4-1-3-8(7-9)12-16-15-11-6-2-5-10(14)17(11)12/h1-7H,14H2. The molecule has 0 aliphatic heterocycles. The molecule has 0 spiro atoms. The Kier molecular flexibility index (Phi) is 2.23. The fourth-order valence-corrected chi connectivity index (χ4v) is 1.97. The van der Waals surface area contributed by atoms with E-state index in [9.17, 15) is 0 Å². The van der Waals surface area contributed by atoms with Gasteiger partial charge in [0.2, 0.25) is 0 Å². The van der Waals surface area contributed by atoms with Crippen LogP contribution in [0.15, 0.2) is 42.5 Å². The number of rotatable bonds is 1. The van der Waals surface area contributed by atoms with Gasteiger partial charge in [-0.25, -0.2) is 0 Å². The first-order chi connectivity index (χ1) is 8.25. The van der Waals surface area contributed by atoms with Crippen LogP contribution < -0.4 is 5.73 Å². The number of fused-ring (bicyclic) bond motifs is 1. The van der Waals surface area contributed by atoms with Crippen molar-refractivity contribution in [1.29, 1.82) is 0 Å². The Balaban J connectivity index is 2.31. The number of hydrogen-bond acceptors (Lipinski definition) is 3. The third-order valence-corrected chi connectivity index (χ3v) is 2.78. The molecule has 3 rings (SSSR count). The van der Waals surface area contributed by atoms with Crippen molar-refractivity contribution >= 4 is 23.1 Å². The average molecular weight is 245 g/mol. The topological polar surface area (TPSA) is 56.2 Å². The van der Waals surface area contributed by atoms with Crippen LogP contribution in [-0.2, 0) is 0 Å². The van der Waals surface area contributed by atoms with Crippen molar-refractivity contribution in [2.45, 2.75) is 0 Å². The molecule has 0 aliphatic rings. The number of halogens is 1. The Labute approximate surface area is 103 Å². The zero-order valence-electron chi connectivity index (χ0n) is 8.84. The molecule has 0 saturated carbocycles. The van der Waals surface area contributed by atoms with Crippen molar-refractivity contribution < 1.29 is 0 Å². The molecule has 3 aromatic rings. The predicted octanol–water partition coefficient (Wildman–Crippen LogP) is 2.63. The highest BCUT2D eigenvalue weighted by atomic mass is 35.5. The van der Waals surface area contributed by atoms with Gasteiger partial charge in [0.1, 0.15) is 5.82 Å². The number of hydrogen-bond donors (Lipinski definition) is 1. The zero-order valence-corrected chi connectivity index (χ0v) is 9.59. The fraction of sp³-hybridized carbons (Fsp3) is 0. The molecule has 0 amide bonds. The SMILES string of the molecule is Nc1cccc2nnc(-c3cccc(Cl)c3)n12. The highest BCUT2D eigenvalue weighted by Crippen LogP contribution is 2.23. The van der Waals surface area contributed by atoms with E-state index in [1.807, 2.05) is 42.5 Å². The third-order valence-electron chi connectivity index (χ3n) is 2.54. The van der Waals surface area contributed by atoms with Crippen LogP contribution in [0.5, 0.6) is 0 Å². The number of nitrogen functional groups attached to an aromatic ring is 1. The Morgan fingerprint density at radius 2 is 1.88 bits per heavy atom. The van der Waals surface area contributed by atoms with Gasteiger partial charge < -0.3 is 5.73 Å². The zero-order chi connectivity index (χ0) is 11.8. The van der Waals surface area contributed by atoms with E-state index >= 15 is 0 Å². The van der Waals surface area contributed by atoms with Gasteiger partial charge in [0.05, 0.1) is 0 Å². The molecule has 5 heteroatoms. The third kappa shape index (κ3) is 1.62. The number of anilines is 1. The maximum Gasteiger partial charge on any atom is 0.170 e. The van der Waals surface area contributed by atoms with Gasteiger partial charge in [-0.15, -0.1) is 10.2 Å². The molecule has 84 valence electrons. The lowest BCUT2D eigenvalue weighted by molar-refractivity contribution is 1.11. The van der Waals surface area contributed by atoms with E-state index in [1.54, 1.807) is 4.40 Å². The lowest BCUT2D eigenvalue weighted by atomic mass is 10.2. The molecule has 0 radical (unpaired) electrons. The van der Waals surface area contributed by atoms with Crippen LogP contribution in [0, 0.1) is 0 Å². The minimum absolute atomic E-state index is 0.600. The molecule has 0 atom stereocenters. The minimum atomic E-state index is 0.600. The lowest BCUT2D eigenvalue weighted by Gasteiger charge is -2.03. The second kappa shape index (κ2) is 3.75. The first kappa shape index (κ1) is 10.1. The number of nitrogens with two attached hydrogens (primary N) is 1. The molecule has 2 aromatic heterocycles. The largest absolute Gasteiger partial charge is 0.385 e. The van der Waals surface area contributed by atoms with Gasteiger partial charge in [0.25, 0.3) is 0 Å². The number of aromatic nitrogens is 3. The fourth-order valence-electron chi connectivity index (χ4n) is 1.78. The molecule has 17 heavy (non-hydrogen) atoms. The minimum Gasteiger partial charge on any atom is -0.385 e. The summed E-state index contributed by atoms with van der Waals surface area (Å²) in [6.45, 7) is 0. The van der Waals surface area contributed by atoms with Crippen molar-refractivity contribution in [1.82, 2.24) is 14.6 Å². The predicted molar refractivity (Wildman–Crippen MR) is 67.8 cm³/mol. The summed E-state index contributed by atoms with van der Waals surface area (Å²) in [4.78, 5) is 0. The van der Waals surface area contributed by atoms with Crippen molar-refractivity contribution in [3.05, 3.63) is 47.5 Å². The maximum absolute atomic E-state index is 5.96. The van der Waals surface area contributed by atoms with Crippen LogP contribution >= 0.6 is 11.6 Å². The number of pyridine rings is 1. The molecular weight excluding hydrogens is 236 g/mol. The van der Waals surface area contributed by atoms with Gasteiger partial charge in [0.15, 0.2) is 11.5 Å². The normalized spacial score (nSPS) is 10.9. The molecule has 0 fully saturated rings. The Bertz CT molecular complexity index is 690. The summed E-state index contributed by atoms with van der Waals surface area (Å²) in [6, 6.07) is 13.0. The molecule has 4 nitrogen and oxygen atoms in total. The van der Waals surface area contributed by atoms with Crippen molar-refractivity contribution in [3.63, 3.8) is 0 Å². The quantitative estimate of drug-likeness (QED) is 0.716. The molecule has 0 aliphatic carbocycles. The summed E-state index contributed by atoms with van der Waals surface area (Å²) in [5, 5.41) is 8.88. The summed E-state index contributed by atoms with van der Waals surface area (Å²) in [7, 11) is 0. The van der Waals surface area contributed by atoms with E-state index in [-0.39, 0.29) is 0 Å². The molecule has 2 N–H and O–H groups in total. The summed E-state index contributed by atoms with van der Waals surface area (Å²) < 4.78 is 1.80. The maximum atomic E-state index is 5.96. The van der Waals surface area contributed by atoms with Crippen LogP contribution in [-0.4, -0.2) is 14.6 Å². The molecule has 0 saturated heterocycles. The molecular formula is C12H9ClN4. The van der Waals surface area contributed by atoms with Crippen LogP contribution in [0.25, 0.3) is 17.0 Å². The van der Waals surface area contributed by atoms with E-state index in [1.165, 1.54) is 0 Å². The summed E-state index contributed by atoms with van der Waals surface area (Å²) in [5.41, 5.74) is 7.54. The van der Waals surface area contributed by atoms with E-state index in [0.29, 0.717) is 16.7 Å². The van der Waals surface area contributed by atoms with Crippen molar-refractivity contribution in [2.24, 2.45) is 0 Å². The van der Waals surface area contributed by atoms with Gasteiger partial charge >= 0.3 is 0 Å². The second-order valence-electron chi connectivity index (χ2n) is 3.68. The van der Waals surface area contributed by atoms with Gasteiger partial charge in [-0.05, 0) is 24.3 Å². The molecule has 1 aromatic carbocycles. The smallest absolute Gasteiger partial charge is 0.170 e. The highest BCUT2D eigenvalue weighted by molar-refractivity contribution is 6.30. The number of nitrogens with zero attached hydrogens (tertiary/aromatic N) is 3. The summed E-state index contributed by atoms with van der Waals surface area (Å²) in [5.74, 6) is 1.29. The van der Waals surface area contributed by atoms with Crippen LogP contribution in [0.3, 0.4) is 0 Å². The Morgan fingerprint density at radius 1 is 1.06 bits per heavy atom. The van der Waals surface area contributed by atoms with E-state index < -0.39 is 0 Å². The highest BCUT2D eigenvalue weighted by Gasteiger charge is 2.09. The Morgan fingerprint density at radius 3 is 2.71 bits per heavy atom. The average Bonchev–Trinajstić information content (AvgIpc) is 2.74. The summed E-state index contributed by atoms with van der Waals surface area (Å²) in [6.07, 6.45) is 0. The second-order valence-corrected chi connectivity index (χ2v) is 4.11. The Hall–Kier alpha value is -2.07. The molecule has 0 bridgehead atoms. The molecule has 2 heterocycles. The van der Waals surface area contributed by atoms with Crippen molar-refractivity contribution in [3.8, 4) is 11.4 Å². The van der Waals surface area contributed by atoms with Crippen molar-refractivity contribution in [2.75, 3.05) is 5.73 Å². The van der Waals surface area contributed by atoms with Gasteiger partial charge in [-0.3, -0.25) is 4.40 Å². The van der Waals surface area contributed by atoms with E-state index in [4.69, 9.17) is 17.3 Å². The van der Waals surface area contributed by atoms with Crippen LogP contribution in [0.2, 0.25) is 5.02 Å². The molecule has 0 unspecified atom stereocenters. The van der Waals surface area contributed by atoms with E-state index in [2.05, 4.69) is 10.2 Å². The first-order valence-electron chi connectivity index (χ1n) is 5.11. The van der Waals surface area contributed by atoms with Crippen LogP contribution in [0.1, 0.15) is 0 Å². The first-order valence-corrected chi connectivity index (χ1v) is 5.49. The van der Waals surface area contributed by atoms with E-state index in [0.717, 1.165) is 11.2 Å². The lowest BCUT2D eigenvalue weighted by Crippen LogP contribution is -1.97. The van der Waals surface area contributed by atoms with Gasteiger partial charge in [-0.2, -0.15) is 0 Å². The van der Waals surface area contributed by atoms with Gasteiger partial charge in [-0.1, -0.05) is 29.8 Å². The number of benzene rings is 1.